The number of carbonyl (C=O) groups is 1. The standard InChI is InChI=1S/C30H25N3O3S/c1-2-8-23-11-6-7-12-27(23)36-18-17-35-24-15-13-21(14-16-24)19-25-28(31)33-26(22-9-4-3-5-10-22)20-37-30(33)32-29(25)34/h2-7,9-16,19-20,31H,1,8,17-18H2/b25-19-,31-28?. The van der Waals surface area contributed by atoms with Gasteiger partial charge in [0.15, 0.2) is 5.17 Å². The van der Waals surface area contributed by atoms with Gasteiger partial charge in [-0.2, -0.15) is 4.99 Å². The molecule has 3 aromatic rings. The van der Waals surface area contributed by atoms with Gasteiger partial charge >= 0.3 is 0 Å². The van der Waals surface area contributed by atoms with Gasteiger partial charge in [0.1, 0.15) is 30.5 Å². The third kappa shape index (κ3) is 5.42. The molecule has 2 aliphatic rings. The van der Waals surface area contributed by atoms with Gasteiger partial charge in [0.2, 0.25) is 0 Å². The summed E-state index contributed by atoms with van der Waals surface area (Å²) < 4.78 is 11.7. The van der Waals surface area contributed by atoms with Crippen LogP contribution in [0.5, 0.6) is 11.5 Å². The fraction of sp³-hybridized carbons (Fsp3) is 0.100. The Labute approximate surface area is 220 Å². The van der Waals surface area contributed by atoms with Crippen LogP contribution in [0, 0.1) is 5.41 Å². The molecule has 0 aliphatic carbocycles. The molecule has 0 saturated carbocycles. The molecule has 0 unspecified atom stereocenters. The lowest BCUT2D eigenvalue weighted by atomic mass is 10.1. The number of allylic oxidation sites excluding steroid dienone is 1. The molecule has 1 N–H and O–H groups in total. The summed E-state index contributed by atoms with van der Waals surface area (Å²) in [6, 6.07) is 25.1. The molecule has 0 radical (unpaired) electrons. The Bertz CT molecular complexity index is 1430. The molecule has 0 spiro atoms. The number of hydrogen-bond donors (Lipinski definition) is 1. The van der Waals surface area contributed by atoms with Crippen LogP contribution >= 0.6 is 11.8 Å². The molecular formula is C30H25N3O3S. The summed E-state index contributed by atoms with van der Waals surface area (Å²) >= 11 is 1.35. The first-order chi connectivity index (χ1) is 18.1. The third-order valence-electron chi connectivity index (χ3n) is 5.82. The number of para-hydroxylation sites is 1. The first kappa shape index (κ1) is 24.3. The molecule has 3 aromatic carbocycles. The lowest BCUT2D eigenvalue weighted by Gasteiger charge is -2.26. The Hall–Kier alpha value is -4.36. The van der Waals surface area contributed by atoms with Crippen LogP contribution in [0.2, 0.25) is 0 Å². The van der Waals surface area contributed by atoms with Crippen LogP contribution < -0.4 is 9.47 Å². The van der Waals surface area contributed by atoms with Crippen LogP contribution in [-0.2, 0) is 11.2 Å². The fourth-order valence-electron chi connectivity index (χ4n) is 4.02. The Morgan fingerprint density at radius 1 is 0.946 bits per heavy atom. The van der Waals surface area contributed by atoms with Crippen molar-refractivity contribution in [3.63, 3.8) is 0 Å². The maximum absolute atomic E-state index is 12.7. The first-order valence-electron chi connectivity index (χ1n) is 11.8. The number of rotatable bonds is 9. The topological polar surface area (TPSA) is 75.0 Å². The highest BCUT2D eigenvalue weighted by atomic mass is 32.2. The molecule has 0 fully saturated rings. The average Bonchev–Trinajstić information content (AvgIpc) is 3.35. The summed E-state index contributed by atoms with van der Waals surface area (Å²) in [4.78, 5) is 18.7. The van der Waals surface area contributed by atoms with E-state index in [1.165, 1.54) is 11.8 Å². The summed E-state index contributed by atoms with van der Waals surface area (Å²) in [5, 5.41) is 11.2. The Morgan fingerprint density at radius 2 is 1.68 bits per heavy atom. The normalized spacial score (nSPS) is 15.8. The maximum Gasteiger partial charge on any atom is 0.283 e. The molecular weight excluding hydrogens is 482 g/mol. The minimum absolute atomic E-state index is 0.115. The highest BCUT2D eigenvalue weighted by Gasteiger charge is 2.36. The van der Waals surface area contributed by atoms with E-state index >= 15 is 0 Å². The number of amides is 1. The summed E-state index contributed by atoms with van der Waals surface area (Å²) in [6.45, 7) is 4.60. The van der Waals surface area contributed by atoms with E-state index in [2.05, 4.69) is 11.6 Å². The second-order valence-corrected chi connectivity index (χ2v) is 9.13. The monoisotopic (exact) mass is 507 g/mol. The lowest BCUT2D eigenvalue weighted by molar-refractivity contribution is -0.114. The van der Waals surface area contributed by atoms with Gasteiger partial charge in [-0.05, 0) is 47.4 Å². The predicted molar refractivity (Wildman–Crippen MR) is 150 cm³/mol. The molecule has 6 nitrogen and oxygen atoms in total. The highest BCUT2D eigenvalue weighted by molar-refractivity contribution is 8.17. The molecule has 0 atom stereocenters. The van der Waals surface area contributed by atoms with Crippen LogP contribution in [0.4, 0.5) is 0 Å². The number of benzene rings is 3. The number of hydrogen-bond acceptors (Lipinski definition) is 5. The summed E-state index contributed by atoms with van der Waals surface area (Å²) in [5.74, 6) is 1.23. The average molecular weight is 508 g/mol. The zero-order valence-corrected chi connectivity index (χ0v) is 20.9. The van der Waals surface area contributed by atoms with Crippen LogP contribution in [0.25, 0.3) is 11.8 Å². The van der Waals surface area contributed by atoms with E-state index in [9.17, 15) is 4.79 Å². The molecule has 37 heavy (non-hydrogen) atoms. The Kier molecular flexibility index (Phi) is 7.33. The Morgan fingerprint density at radius 3 is 2.46 bits per heavy atom. The van der Waals surface area contributed by atoms with E-state index in [0.717, 1.165) is 34.6 Å². The lowest BCUT2D eigenvalue weighted by Crippen LogP contribution is -2.38. The molecule has 0 bridgehead atoms. The van der Waals surface area contributed by atoms with Crippen molar-refractivity contribution in [3.05, 3.63) is 119 Å². The second-order valence-electron chi connectivity index (χ2n) is 8.30. The van der Waals surface area contributed by atoms with Crippen molar-refractivity contribution >= 4 is 40.4 Å². The number of thioether (sulfide) groups is 1. The van der Waals surface area contributed by atoms with Crippen molar-refractivity contribution in [2.24, 2.45) is 4.99 Å². The quantitative estimate of drug-likeness (QED) is 0.213. The van der Waals surface area contributed by atoms with Gasteiger partial charge in [-0.1, -0.05) is 78.5 Å². The molecule has 184 valence electrons. The number of carbonyl (C=O) groups excluding carboxylic acids is 1. The molecule has 0 aromatic heterocycles. The van der Waals surface area contributed by atoms with Gasteiger partial charge in [0.05, 0.1) is 11.3 Å². The SMILES string of the molecule is C=CCc1ccccc1OCCOc1ccc(/C=C2/C(=N)N3C(c4ccccc4)=CSC3=NC2=O)cc1. The summed E-state index contributed by atoms with van der Waals surface area (Å²) in [6.07, 6.45) is 4.30. The van der Waals surface area contributed by atoms with Crippen molar-refractivity contribution in [2.45, 2.75) is 6.42 Å². The minimum Gasteiger partial charge on any atom is -0.490 e. The smallest absolute Gasteiger partial charge is 0.283 e. The van der Waals surface area contributed by atoms with Crippen molar-refractivity contribution in [2.75, 3.05) is 13.2 Å². The fourth-order valence-corrected chi connectivity index (χ4v) is 4.91. The molecule has 1 amide bonds. The minimum atomic E-state index is -0.416. The van der Waals surface area contributed by atoms with E-state index in [4.69, 9.17) is 14.9 Å². The Balaban J connectivity index is 1.22. The van der Waals surface area contributed by atoms with Crippen LogP contribution in [0.1, 0.15) is 16.7 Å². The number of fused-ring (bicyclic) bond motifs is 1. The number of aliphatic imine (C=N–C) groups is 1. The van der Waals surface area contributed by atoms with Gasteiger partial charge < -0.3 is 9.47 Å². The number of amidine groups is 2. The highest BCUT2D eigenvalue weighted by Crippen LogP contribution is 2.37. The van der Waals surface area contributed by atoms with E-state index in [-0.39, 0.29) is 11.4 Å². The van der Waals surface area contributed by atoms with Crippen molar-refractivity contribution in [3.8, 4) is 11.5 Å². The number of ether oxygens (including phenoxy) is 2. The number of nitrogens with one attached hydrogen (secondary N) is 1. The van der Waals surface area contributed by atoms with Crippen molar-refractivity contribution < 1.29 is 14.3 Å². The van der Waals surface area contributed by atoms with Crippen molar-refractivity contribution in [1.29, 1.82) is 5.41 Å². The maximum atomic E-state index is 12.7. The molecule has 0 saturated heterocycles. The molecule has 2 heterocycles. The molecule has 7 heteroatoms. The zero-order valence-electron chi connectivity index (χ0n) is 20.1. The van der Waals surface area contributed by atoms with Gasteiger partial charge in [0.25, 0.3) is 5.91 Å². The van der Waals surface area contributed by atoms with Crippen LogP contribution in [0.15, 0.2) is 107 Å². The largest absolute Gasteiger partial charge is 0.490 e. The van der Waals surface area contributed by atoms with Gasteiger partial charge in [-0.15, -0.1) is 6.58 Å². The van der Waals surface area contributed by atoms with Crippen LogP contribution in [-0.4, -0.2) is 35.0 Å². The summed E-state index contributed by atoms with van der Waals surface area (Å²) in [7, 11) is 0. The van der Waals surface area contributed by atoms with E-state index in [1.54, 1.807) is 11.0 Å². The first-order valence-corrected chi connectivity index (χ1v) is 12.7. The van der Waals surface area contributed by atoms with E-state index in [0.29, 0.717) is 24.1 Å². The number of nitrogens with zero attached hydrogens (tertiary/aromatic N) is 2. The predicted octanol–water partition coefficient (Wildman–Crippen LogP) is 6.18. The molecule has 5 rings (SSSR count). The van der Waals surface area contributed by atoms with Gasteiger partial charge in [0, 0.05) is 5.41 Å². The van der Waals surface area contributed by atoms with Crippen LogP contribution in [0.3, 0.4) is 0 Å². The van der Waals surface area contributed by atoms with E-state index in [1.807, 2.05) is 90.3 Å². The zero-order chi connectivity index (χ0) is 25.6. The van der Waals surface area contributed by atoms with Crippen molar-refractivity contribution in [1.82, 2.24) is 4.90 Å². The van der Waals surface area contributed by atoms with Gasteiger partial charge in [-0.3, -0.25) is 15.1 Å². The summed E-state index contributed by atoms with van der Waals surface area (Å²) in [5.41, 5.74) is 3.92. The second kappa shape index (κ2) is 11.1. The molecule has 2 aliphatic heterocycles. The third-order valence-corrected chi connectivity index (χ3v) is 6.65. The van der Waals surface area contributed by atoms with E-state index < -0.39 is 5.91 Å². The van der Waals surface area contributed by atoms with Gasteiger partial charge in [-0.25, -0.2) is 0 Å².